The number of hydrogen-bond acceptors (Lipinski definition) is 1. The normalized spacial score (nSPS) is 15.9. The first-order valence-electron chi connectivity index (χ1n) is 7.33. The Bertz CT molecular complexity index is 708. The van der Waals surface area contributed by atoms with Crippen LogP contribution in [0, 0.1) is 0 Å². The molecule has 0 aliphatic carbocycles. The average molecular weight is 345 g/mol. The van der Waals surface area contributed by atoms with Crippen LogP contribution < -0.4 is 4.74 Å². The van der Waals surface area contributed by atoms with Crippen molar-refractivity contribution in [3.05, 3.63) is 57.6 Å². The van der Waals surface area contributed by atoms with Crippen molar-refractivity contribution in [1.29, 1.82) is 0 Å². The van der Waals surface area contributed by atoms with Crippen molar-refractivity contribution >= 4 is 15.9 Å². The zero-order chi connectivity index (χ0) is 15.4. The summed E-state index contributed by atoms with van der Waals surface area (Å²) in [5.41, 5.74) is 3.92. The van der Waals surface area contributed by atoms with E-state index in [1.54, 1.807) is 0 Å². The minimum absolute atomic E-state index is 0.0616. The van der Waals surface area contributed by atoms with Gasteiger partial charge in [-0.15, -0.1) is 0 Å². The van der Waals surface area contributed by atoms with E-state index >= 15 is 0 Å². The lowest BCUT2D eigenvalue weighted by Crippen LogP contribution is -2.25. The van der Waals surface area contributed by atoms with Crippen LogP contribution in [0.3, 0.4) is 0 Å². The molecular formula is C19H21BrO. The maximum absolute atomic E-state index is 6.16. The van der Waals surface area contributed by atoms with Crippen LogP contribution in [0.25, 0.3) is 0 Å². The standard InChI is InChI=1S/C19H21BrO/c1-18(2,3)12-9-10-16-14(11-12)19(4,5)13-7-6-8-15(20)17(13)21-16/h6-11H,1-5H3. The van der Waals surface area contributed by atoms with Gasteiger partial charge in [0.2, 0.25) is 0 Å². The van der Waals surface area contributed by atoms with Crippen LogP contribution >= 0.6 is 15.9 Å². The Morgan fingerprint density at radius 1 is 1.00 bits per heavy atom. The summed E-state index contributed by atoms with van der Waals surface area (Å²) in [5, 5.41) is 0. The first kappa shape index (κ1) is 14.6. The minimum Gasteiger partial charge on any atom is -0.456 e. The van der Waals surface area contributed by atoms with E-state index in [0.717, 1.165) is 16.0 Å². The van der Waals surface area contributed by atoms with Crippen molar-refractivity contribution in [3.63, 3.8) is 0 Å². The van der Waals surface area contributed by atoms with Crippen molar-refractivity contribution in [2.24, 2.45) is 0 Å². The molecule has 0 amide bonds. The Labute approximate surface area is 135 Å². The molecule has 1 nitrogen and oxygen atoms in total. The predicted molar refractivity (Wildman–Crippen MR) is 91.5 cm³/mol. The molecule has 3 rings (SSSR count). The molecule has 2 aromatic carbocycles. The summed E-state index contributed by atoms with van der Waals surface area (Å²) < 4.78 is 7.18. The summed E-state index contributed by atoms with van der Waals surface area (Å²) in [6.07, 6.45) is 0. The summed E-state index contributed by atoms with van der Waals surface area (Å²) in [7, 11) is 0. The van der Waals surface area contributed by atoms with Gasteiger partial charge in [0.15, 0.2) is 0 Å². The maximum atomic E-state index is 6.16. The SMILES string of the molecule is CC(C)(C)c1ccc2c(c1)C(C)(C)c1cccc(Br)c1O2. The van der Waals surface area contributed by atoms with Gasteiger partial charge in [-0.25, -0.2) is 0 Å². The number of halogens is 1. The molecule has 0 atom stereocenters. The molecule has 0 radical (unpaired) electrons. The zero-order valence-electron chi connectivity index (χ0n) is 13.3. The van der Waals surface area contributed by atoms with E-state index in [-0.39, 0.29) is 10.8 Å². The number of ether oxygens (including phenoxy) is 1. The highest BCUT2D eigenvalue weighted by molar-refractivity contribution is 9.10. The van der Waals surface area contributed by atoms with Crippen LogP contribution in [0.2, 0.25) is 0 Å². The molecule has 110 valence electrons. The van der Waals surface area contributed by atoms with Crippen LogP contribution in [-0.4, -0.2) is 0 Å². The smallest absolute Gasteiger partial charge is 0.145 e. The van der Waals surface area contributed by atoms with Gasteiger partial charge in [0.25, 0.3) is 0 Å². The van der Waals surface area contributed by atoms with Crippen LogP contribution in [0.1, 0.15) is 51.3 Å². The lowest BCUT2D eigenvalue weighted by molar-refractivity contribution is 0.414. The molecule has 1 aliphatic heterocycles. The van der Waals surface area contributed by atoms with Crippen molar-refractivity contribution in [3.8, 4) is 11.5 Å². The Morgan fingerprint density at radius 2 is 1.71 bits per heavy atom. The second-order valence-corrected chi connectivity index (χ2v) is 8.16. The van der Waals surface area contributed by atoms with E-state index in [1.165, 1.54) is 16.7 Å². The van der Waals surface area contributed by atoms with Crippen molar-refractivity contribution in [1.82, 2.24) is 0 Å². The molecule has 0 unspecified atom stereocenters. The Kier molecular flexibility index (Phi) is 3.21. The van der Waals surface area contributed by atoms with E-state index in [2.05, 4.69) is 80.9 Å². The molecule has 1 aliphatic rings. The predicted octanol–water partition coefficient (Wildman–Crippen LogP) is 6.18. The third-order valence-electron chi connectivity index (χ3n) is 4.37. The van der Waals surface area contributed by atoms with Crippen molar-refractivity contribution in [2.45, 2.75) is 45.4 Å². The molecule has 0 N–H and O–H groups in total. The number of para-hydroxylation sites is 1. The fraction of sp³-hybridized carbons (Fsp3) is 0.368. The Hall–Kier alpha value is -1.28. The molecule has 0 saturated heterocycles. The van der Waals surface area contributed by atoms with Gasteiger partial charge in [-0.05, 0) is 39.0 Å². The summed E-state index contributed by atoms with van der Waals surface area (Å²) in [4.78, 5) is 0. The van der Waals surface area contributed by atoms with Crippen LogP contribution in [0.15, 0.2) is 40.9 Å². The van der Waals surface area contributed by atoms with Gasteiger partial charge in [0.05, 0.1) is 4.47 Å². The van der Waals surface area contributed by atoms with Crippen LogP contribution in [0.4, 0.5) is 0 Å². The second-order valence-electron chi connectivity index (χ2n) is 7.30. The highest BCUT2D eigenvalue weighted by atomic mass is 79.9. The van der Waals surface area contributed by atoms with Gasteiger partial charge in [-0.2, -0.15) is 0 Å². The van der Waals surface area contributed by atoms with E-state index in [1.807, 2.05) is 6.07 Å². The minimum atomic E-state index is -0.0616. The fourth-order valence-corrected chi connectivity index (χ4v) is 3.38. The molecule has 0 aromatic heterocycles. The molecule has 2 heteroatoms. The summed E-state index contributed by atoms with van der Waals surface area (Å²) in [6, 6.07) is 12.9. The van der Waals surface area contributed by atoms with Gasteiger partial charge in [0.1, 0.15) is 11.5 Å². The molecule has 0 spiro atoms. The van der Waals surface area contributed by atoms with E-state index in [4.69, 9.17) is 4.74 Å². The number of fused-ring (bicyclic) bond motifs is 2. The van der Waals surface area contributed by atoms with Gasteiger partial charge in [0, 0.05) is 16.5 Å². The topological polar surface area (TPSA) is 9.23 Å². The van der Waals surface area contributed by atoms with Gasteiger partial charge < -0.3 is 4.74 Å². The molecule has 0 bridgehead atoms. The van der Waals surface area contributed by atoms with Crippen molar-refractivity contribution in [2.75, 3.05) is 0 Å². The third-order valence-corrected chi connectivity index (χ3v) is 5.00. The first-order chi connectivity index (χ1) is 9.71. The van der Waals surface area contributed by atoms with E-state index < -0.39 is 0 Å². The summed E-state index contributed by atoms with van der Waals surface area (Å²) in [5.74, 6) is 1.91. The molecule has 21 heavy (non-hydrogen) atoms. The fourth-order valence-electron chi connectivity index (χ4n) is 2.93. The second kappa shape index (κ2) is 4.61. The first-order valence-corrected chi connectivity index (χ1v) is 8.12. The molecule has 0 saturated carbocycles. The number of rotatable bonds is 0. The number of hydrogen-bond donors (Lipinski definition) is 0. The maximum Gasteiger partial charge on any atom is 0.145 e. The Balaban J connectivity index is 2.22. The monoisotopic (exact) mass is 344 g/mol. The molecular weight excluding hydrogens is 324 g/mol. The lowest BCUT2D eigenvalue weighted by atomic mass is 9.73. The van der Waals surface area contributed by atoms with E-state index in [9.17, 15) is 0 Å². The van der Waals surface area contributed by atoms with Crippen LogP contribution in [-0.2, 0) is 10.8 Å². The zero-order valence-corrected chi connectivity index (χ0v) is 14.8. The molecule has 2 aromatic rings. The lowest BCUT2D eigenvalue weighted by Gasteiger charge is -2.36. The highest BCUT2D eigenvalue weighted by Gasteiger charge is 2.35. The molecule has 0 fully saturated rings. The Morgan fingerprint density at radius 3 is 2.38 bits per heavy atom. The van der Waals surface area contributed by atoms with Gasteiger partial charge in [-0.1, -0.05) is 58.9 Å². The third kappa shape index (κ3) is 2.30. The van der Waals surface area contributed by atoms with Gasteiger partial charge in [-0.3, -0.25) is 0 Å². The highest BCUT2D eigenvalue weighted by Crippen LogP contribution is 2.50. The summed E-state index contributed by atoms with van der Waals surface area (Å²) >= 11 is 3.61. The summed E-state index contributed by atoms with van der Waals surface area (Å²) in [6.45, 7) is 11.3. The van der Waals surface area contributed by atoms with E-state index in [0.29, 0.717) is 0 Å². The van der Waals surface area contributed by atoms with Crippen LogP contribution in [0.5, 0.6) is 11.5 Å². The number of benzene rings is 2. The largest absolute Gasteiger partial charge is 0.456 e. The molecule has 1 heterocycles. The average Bonchev–Trinajstić information content (AvgIpc) is 2.39. The van der Waals surface area contributed by atoms with Crippen molar-refractivity contribution < 1.29 is 4.74 Å². The quantitative estimate of drug-likeness (QED) is 0.554. The van der Waals surface area contributed by atoms with Gasteiger partial charge >= 0.3 is 0 Å².